The van der Waals surface area contributed by atoms with Crippen molar-refractivity contribution in [3.63, 3.8) is 0 Å². The highest BCUT2D eigenvalue weighted by molar-refractivity contribution is 6.36. The normalized spacial score (nSPS) is 10.7. The summed E-state index contributed by atoms with van der Waals surface area (Å²) in [5.74, 6) is -0.468. The Kier molecular flexibility index (Phi) is 5.84. The third kappa shape index (κ3) is 4.87. The fraction of sp³-hybridized carbons (Fsp3) is 0.125. The van der Waals surface area contributed by atoms with Crippen molar-refractivity contribution in [2.75, 3.05) is 11.9 Å². The molecule has 5 nitrogen and oxygen atoms in total. The molecule has 2 aromatic carbocycles. The molecule has 0 saturated carbocycles. The van der Waals surface area contributed by atoms with E-state index >= 15 is 0 Å². The summed E-state index contributed by atoms with van der Waals surface area (Å²) in [6.07, 6.45) is 1.28. The lowest BCUT2D eigenvalue weighted by Crippen LogP contribution is -2.26. The third-order valence-corrected chi connectivity index (χ3v) is 3.54. The Hall–Kier alpha value is -2.24. The number of amides is 1. The van der Waals surface area contributed by atoms with E-state index in [-0.39, 0.29) is 23.2 Å². The number of carbonyl (C=O) groups is 1. The topological polar surface area (TPSA) is 73.7 Å². The van der Waals surface area contributed by atoms with Crippen LogP contribution in [0.3, 0.4) is 0 Å². The van der Waals surface area contributed by atoms with Crippen LogP contribution < -0.4 is 10.7 Å². The van der Waals surface area contributed by atoms with Gasteiger partial charge in [0.1, 0.15) is 5.75 Å². The predicted molar refractivity (Wildman–Crippen MR) is 93.5 cm³/mol. The summed E-state index contributed by atoms with van der Waals surface area (Å²) in [4.78, 5) is 11.7. The van der Waals surface area contributed by atoms with E-state index in [1.54, 1.807) is 0 Å². The second-order valence-corrected chi connectivity index (χ2v) is 5.63. The van der Waals surface area contributed by atoms with Crippen LogP contribution in [0.15, 0.2) is 41.5 Å². The number of aryl methyl sites for hydroxylation is 1. The number of aromatic hydroxyl groups is 1. The standard InChI is InChI=1S/C16H15Cl2N3O2/c1-10-4-2-3-5-14(10)19-9-15(22)21-20-8-11-6-12(17)7-13(18)16(11)23/h2-8,19,23H,9H2,1H3,(H,21,22)/b20-8-. The van der Waals surface area contributed by atoms with Crippen molar-refractivity contribution in [3.05, 3.63) is 57.6 Å². The minimum absolute atomic E-state index is 0.0739. The number of benzene rings is 2. The third-order valence-electron chi connectivity index (χ3n) is 3.04. The van der Waals surface area contributed by atoms with Gasteiger partial charge < -0.3 is 10.4 Å². The molecule has 0 aliphatic carbocycles. The van der Waals surface area contributed by atoms with E-state index in [1.165, 1.54) is 18.3 Å². The number of phenols is 1. The first-order valence-electron chi connectivity index (χ1n) is 6.77. The molecular weight excluding hydrogens is 337 g/mol. The molecule has 0 heterocycles. The molecule has 0 aliphatic rings. The Bertz CT molecular complexity index is 748. The number of phenolic OH excluding ortho intramolecular Hbond substituents is 1. The second kappa shape index (κ2) is 7.85. The Balaban J connectivity index is 1.91. The molecule has 0 radical (unpaired) electrons. The summed E-state index contributed by atoms with van der Waals surface area (Å²) in [6, 6.07) is 10.6. The number of nitrogens with zero attached hydrogens (tertiary/aromatic N) is 1. The summed E-state index contributed by atoms with van der Waals surface area (Å²) in [7, 11) is 0. The van der Waals surface area contributed by atoms with Gasteiger partial charge in [-0.15, -0.1) is 0 Å². The SMILES string of the molecule is Cc1ccccc1NCC(=O)N/N=C\c1cc(Cl)cc(Cl)c1O. The molecule has 2 aromatic rings. The van der Waals surface area contributed by atoms with Gasteiger partial charge in [-0.05, 0) is 30.7 Å². The lowest BCUT2D eigenvalue weighted by molar-refractivity contribution is -0.119. The van der Waals surface area contributed by atoms with Crippen LogP contribution in [-0.2, 0) is 4.79 Å². The Morgan fingerprint density at radius 1 is 1.30 bits per heavy atom. The summed E-state index contributed by atoms with van der Waals surface area (Å²) in [6.45, 7) is 2.02. The van der Waals surface area contributed by atoms with Crippen molar-refractivity contribution in [2.24, 2.45) is 5.10 Å². The maximum atomic E-state index is 11.7. The molecule has 7 heteroatoms. The molecule has 0 spiro atoms. The fourth-order valence-corrected chi connectivity index (χ4v) is 2.35. The number of halogens is 2. The minimum Gasteiger partial charge on any atom is -0.506 e. The smallest absolute Gasteiger partial charge is 0.259 e. The van der Waals surface area contributed by atoms with Gasteiger partial charge in [-0.2, -0.15) is 5.10 Å². The zero-order valence-corrected chi connectivity index (χ0v) is 13.8. The number of carbonyl (C=O) groups excluding carboxylic acids is 1. The lowest BCUT2D eigenvalue weighted by atomic mass is 10.2. The molecular formula is C16H15Cl2N3O2. The summed E-state index contributed by atoms with van der Waals surface area (Å²) >= 11 is 11.6. The van der Waals surface area contributed by atoms with Gasteiger partial charge in [0.15, 0.2) is 0 Å². The average molecular weight is 352 g/mol. The zero-order chi connectivity index (χ0) is 16.8. The van der Waals surface area contributed by atoms with Crippen LogP contribution in [-0.4, -0.2) is 23.8 Å². The van der Waals surface area contributed by atoms with Gasteiger partial charge in [-0.1, -0.05) is 41.4 Å². The number of anilines is 1. The molecule has 3 N–H and O–H groups in total. The molecule has 120 valence electrons. The van der Waals surface area contributed by atoms with Crippen molar-refractivity contribution < 1.29 is 9.90 Å². The molecule has 0 bridgehead atoms. The molecule has 0 unspecified atom stereocenters. The number of rotatable bonds is 5. The largest absolute Gasteiger partial charge is 0.506 e. The van der Waals surface area contributed by atoms with Gasteiger partial charge in [0, 0.05) is 16.3 Å². The number of hydrazone groups is 1. The quantitative estimate of drug-likeness (QED) is 0.569. The Morgan fingerprint density at radius 3 is 2.78 bits per heavy atom. The summed E-state index contributed by atoms with van der Waals surface area (Å²) in [5, 5.41) is 17.0. The van der Waals surface area contributed by atoms with Crippen LogP contribution in [0.25, 0.3) is 0 Å². The maximum Gasteiger partial charge on any atom is 0.259 e. The predicted octanol–water partition coefficient (Wildman–Crippen LogP) is 3.57. The highest BCUT2D eigenvalue weighted by Crippen LogP contribution is 2.29. The maximum absolute atomic E-state index is 11.7. The van der Waals surface area contributed by atoms with Gasteiger partial charge in [-0.25, -0.2) is 5.43 Å². The molecule has 0 atom stereocenters. The molecule has 2 rings (SSSR count). The number of hydrogen-bond acceptors (Lipinski definition) is 4. The van der Waals surface area contributed by atoms with Crippen molar-refractivity contribution in [2.45, 2.75) is 6.92 Å². The summed E-state index contributed by atoms with van der Waals surface area (Å²) in [5.41, 5.74) is 4.60. The van der Waals surface area contributed by atoms with E-state index < -0.39 is 0 Å². The average Bonchev–Trinajstić information content (AvgIpc) is 2.51. The van der Waals surface area contributed by atoms with Crippen LogP contribution in [0.1, 0.15) is 11.1 Å². The highest BCUT2D eigenvalue weighted by Gasteiger charge is 2.06. The number of nitrogens with one attached hydrogen (secondary N) is 2. The minimum atomic E-state index is -0.322. The monoisotopic (exact) mass is 351 g/mol. The van der Waals surface area contributed by atoms with E-state index in [9.17, 15) is 9.90 Å². The van der Waals surface area contributed by atoms with E-state index in [0.29, 0.717) is 10.6 Å². The highest BCUT2D eigenvalue weighted by atomic mass is 35.5. The van der Waals surface area contributed by atoms with Crippen LogP contribution in [0, 0.1) is 6.92 Å². The van der Waals surface area contributed by atoms with E-state index in [1.807, 2.05) is 31.2 Å². The van der Waals surface area contributed by atoms with Gasteiger partial charge in [0.25, 0.3) is 5.91 Å². The van der Waals surface area contributed by atoms with Gasteiger partial charge in [0.2, 0.25) is 0 Å². The fourth-order valence-electron chi connectivity index (χ4n) is 1.84. The number of hydrogen-bond donors (Lipinski definition) is 3. The van der Waals surface area contributed by atoms with Gasteiger partial charge in [0.05, 0.1) is 17.8 Å². The van der Waals surface area contributed by atoms with Crippen molar-refractivity contribution in [1.29, 1.82) is 0 Å². The van der Waals surface area contributed by atoms with Crippen LogP contribution >= 0.6 is 23.2 Å². The molecule has 0 fully saturated rings. The first-order valence-corrected chi connectivity index (χ1v) is 7.52. The molecule has 1 amide bonds. The lowest BCUT2D eigenvalue weighted by Gasteiger charge is -2.08. The number of para-hydroxylation sites is 1. The van der Waals surface area contributed by atoms with E-state index in [0.717, 1.165) is 11.3 Å². The molecule has 23 heavy (non-hydrogen) atoms. The van der Waals surface area contributed by atoms with Crippen LogP contribution in [0.2, 0.25) is 10.0 Å². The van der Waals surface area contributed by atoms with Crippen molar-refractivity contribution in [3.8, 4) is 5.75 Å². The van der Waals surface area contributed by atoms with E-state index in [4.69, 9.17) is 23.2 Å². The zero-order valence-electron chi connectivity index (χ0n) is 12.3. The Morgan fingerprint density at radius 2 is 2.04 bits per heavy atom. The summed E-state index contributed by atoms with van der Waals surface area (Å²) < 4.78 is 0. The second-order valence-electron chi connectivity index (χ2n) is 4.79. The first kappa shape index (κ1) is 17.1. The van der Waals surface area contributed by atoms with Gasteiger partial charge in [-0.3, -0.25) is 4.79 Å². The van der Waals surface area contributed by atoms with Gasteiger partial charge >= 0.3 is 0 Å². The molecule has 0 aliphatic heterocycles. The first-order chi connectivity index (χ1) is 11.0. The van der Waals surface area contributed by atoms with E-state index in [2.05, 4.69) is 15.8 Å². The molecule has 0 aromatic heterocycles. The van der Waals surface area contributed by atoms with Crippen LogP contribution in [0.5, 0.6) is 5.75 Å². The molecule has 0 saturated heterocycles. The van der Waals surface area contributed by atoms with Crippen molar-refractivity contribution >= 4 is 41.0 Å². The van der Waals surface area contributed by atoms with Crippen molar-refractivity contribution in [1.82, 2.24) is 5.43 Å². The van der Waals surface area contributed by atoms with Crippen LogP contribution in [0.4, 0.5) is 5.69 Å². The Labute approximate surface area is 143 Å².